The lowest BCUT2D eigenvalue weighted by molar-refractivity contribution is 0.0961. The molecule has 2 aromatic carbocycles. The number of aromatic nitrogens is 2. The van der Waals surface area contributed by atoms with Gasteiger partial charge in [-0.05, 0) is 32.3 Å². The number of para-hydroxylation sites is 1. The van der Waals surface area contributed by atoms with E-state index in [0.717, 1.165) is 5.39 Å². The fraction of sp³-hybridized carbons (Fsp3) is 0.250. The summed E-state index contributed by atoms with van der Waals surface area (Å²) in [6.07, 6.45) is 0. The Morgan fingerprint density at radius 3 is 2.57 bits per heavy atom. The molecule has 0 saturated carbocycles. The minimum absolute atomic E-state index is 0. The first-order chi connectivity index (χ1) is 13.0. The molecule has 0 radical (unpaired) electrons. The number of halogens is 1. The van der Waals surface area contributed by atoms with Crippen molar-refractivity contribution in [3.8, 4) is 5.75 Å². The molecule has 0 saturated heterocycles. The molecule has 1 aliphatic heterocycles. The van der Waals surface area contributed by atoms with Crippen molar-refractivity contribution in [2.24, 2.45) is 0 Å². The van der Waals surface area contributed by atoms with Crippen molar-refractivity contribution in [2.75, 3.05) is 27.2 Å². The smallest absolute Gasteiger partial charge is 0.336 e. The average molecular weight is 400 g/mol. The number of fused-ring (bicyclic) bond motifs is 5. The van der Waals surface area contributed by atoms with E-state index < -0.39 is 0 Å². The molecule has 28 heavy (non-hydrogen) atoms. The largest absolute Gasteiger partial charge is 0.484 e. The molecule has 0 spiro atoms. The summed E-state index contributed by atoms with van der Waals surface area (Å²) >= 11 is 0. The lowest BCUT2D eigenvalue weighted by Crippen LogP contribution is -2.39. The van der Waals surface area contributed by atoms with E-state index in [1.165, 1.54) is 4.57 Å². The third kappa shape index (κ3) is 2.30. The van der Waals surface area contributed by atoms with Gasteiger partial charge in [0.2, 0.25) is 5.78 Å². The summed E-state index contributed by atoms with van der Waals surface area (Å²) in [5.74, 6) is 0.425. The Morgan fingerprint density at radius 2 is 1.82 bits per heavy atom. The van der Waals surface area contributed by atoms with Crippen LogP contribution >= 0.6 is 12.4 Å². The van der Waals surface area contributed by atoms with Gasteiger partial charge in [-0.1, -0.05) is 12.1 Å². The minimum Gasteiger partial charge on any atom is -0.484 e. The van der Waals surface area contributed by atoms with Crippen molar-refractivity contribution in [3.05, 3.63) is 56.7 Å². The van der Waals surface area contributed by atoms with Gasteiger partial charge in [-0.15, -0.1) is 12.4 Å². The highest BCUT2D eigenvalue weighted by molar-refractivity contribution is 6.19. The molecule has 7 nitrogen and oxygen atoms in total. The molecular weight excluding hydrogens is 382 g/mol. The molecule has 144 valence electrons. The fourth-order valence-corrected chi connectivity index (χ4v) is 3.93. The minimum atomic E-state index is -0.371. The number of rotatable bonds is 3. The Balaban J connectivity index is 0.00000192. The van der Waals surface area contributed by atoms with Gasteiger partial charge in [0, 0.05) is 18.5 Å². The summed E-state index contributed by atoms with van der Waals surface area (Å²) in [5, 5.41) is 1.95. The molecule has 3 heterocycles. The highest BCUT2D eigenvalue weighted by Gasteiger charge is 2.28. The zero-order valence-corrected chi connectivity index (χ0v) is 16.2. The van der Waals surface area contributed by atoms with Gasteiger partial charge in [0.15, 0.2) is 6.61 Å². The predicted molar refractivity (Wildman–Crippen MR) is 110 cm³/mol. The molecule has 0 atom stereocenters. The van der Waals surface area contributed by atoms with E-state index in [9.17, 15) is 14.4 Å². The monoisotopic (exact) mass is 399 g/mol. The maximum atomic E-state index is 13.2. The summed E-state index contributed by atoms with van der Waals surface area (Å²) in [4.78, 5) is 40.2. The Morgan fingerprint density at radius 1 is 1.07 bits per heavy atom. The number of nitrogens with zero attached hydrogens (tertiary/aromatic N) is 3. The number of carbonyl (C=O) groups is 1. The fourth-order valence-electron chi connectivity index (χ4n) is 3.93. The first-order valence-electron chi connectivity index (χ1n) is 8.76. The van der Waals surface area contributed by atoms with Crippen molar-refractivity contribution in [1.29, 1.82) is 0 Å². The number of ketones is 1. The molecule has 0 aliphatic carbocycles. The maximum Gasteiger partial charge on any atom is 0.336 e. The van der Waals surface area contributed by atoms with E-state index in [1.54, 1.807) is 28.7 Å². The number of Topliss-reactive ketones (excluding diaryl/α,β-unsaturated/α-hetero) is 1. The summed E-state index contributed by atoms with van der Waals surface area (Å²) in [6.45, 7) is 0.887. The Bertz CT molecular complexity index is 1370. The number of carbonyl (C=O) groups excluding carboxylic acids is 1. The number of ether oxygens (including phenoxy) is 1. The van der Waals surface area contributed by atoms with E-state index >= 15 is 0 Å². The van der Waals surface area contributed by atoms with Crippen LogP contribution < -0.4 is 16.0 Å². The number of likely N-dealkylation sites (N-methyl/N-ethyl adjacent to an activating group) is 1. The van der Waals surface area contributed by atoms with Crippen LogP contribution in [0, 0.1) is 0 Å². The van der Waals surface area contributed by atoms with Crippen molar-refractivity contribution in [3.63, 3.8) is 0 Å². The molecule has 8 heteroatoms. The van der Waals surface area contributed by atoms with Gasteiger partial charge in [-0.3, -0.25) is 18.6 Å². The van der Waals surface area contributed by atoms with Gasteiger partial charge in [-0.2, -0.15) is 0 Å². The molecule has 2 aromatic heterocycles. The highest BCUT2D eigenvalue weighted by atomic mass is 35.5. The third-order valence-corrected chi connectivity index (χ3v) is 5.22. The molecule has 4 aromatic rings. The Labute approximate surface area is 165 Å². The van der Waals surface area contributed by atoms with Crippen molar-refractivity contribution in [1.82, 2.24) is 13.9 Å². The normalized spacial score (nSPS) is 13.5. The van der Waals surface area contributed by atoms with Crippen LogP contribution in [0.1, 0.15) is 10.4 Å². The maximum absolute atomic E-state index is 13.2. The standard InChI is InChI=1S/C20H17N3O4.ClH/c1-21(2)8-9-22-19(25)13-5-3-4-12-16-14(23(17(12)13)20(22)26)7-6-11-15(24)10-27-18(11)16;/h3-7H,8-10H2,1-2H3;1H. The first kappa shape index (κ1) is 18.5. The molecule has 0 unspecified atom stereocenters. The topological polar surface area (TPSA) is 73.0 Å². The lowest BCUT2D eigenvalue weighted by Gasteiger charge is -2.12. The quantitative estimate of drug-likeness (QED) is 0.525. The Hall–Kier alpha value is -2.90. The van der Waals surface area contributed by atoms with E-state index in [4.69, 9.17) is 4.74 Å². The van der Waals surface area contributed by atoms with Crippen LogP contribution in [-0.2, 0) is 6.54 Å². The van der Waals surface area contributed by atoms with E-state index in [1.807, 2.05) is 25.1 Å². The van der Waals surface area contributed by atoms with Gasteiger partial charge >= 0.3 is 5.69 Å². The van der Waals surface area contributed by atoms with E-state index in [-0.39, 0.29) is 36.0 Å². The van der Waals surface area contributed by atoms with Crippen molar-refractivity contribution >= 4 is 45.4 Å². The summed E-state index contributed by atoms with van der Waals surface area (Å²) in [7, 11) is 3.79. The molecule has 0 bridgehead atoms. The van der Waals surface area contributed by atoms with Crippen LogP contribution in [0.2, 0.25) is 0 Å². The molecule has 0 N–H and O–H groups in total. The third-order valence-electron chi connectivity index (χ3n) is 5.22. The van der Waals surface area contributed by atoms with Gasteiger partial charge < -0.3 is 9.64 Å². The number of hydrogen-bond acceptors (Lipinski definition) is 5. The zero-order valence-electron chi connectivity index (χ0n) is 15.4. The SMILES string of the molecule is CN(C)CCn1c(=O)c2cccc3c4c5c(ccc4n(c1=O)c23)C(=O)CO5.Cl. The first-order valence-corrected chi connectivity index (χ1v) is 8.76. The second-order valence-corrected chi connectivity index (χ2v) is 7.13. The highest BCUT2D eigenvalue weighted by Crippen LogP contribution is 2.40. The van der Waals surface area contributed by atoms with Crippen LogP contribution in [0.25, 0.3) is 27.2 Å². The van der Waals surface area contributed by atoms with Crippen LogP contribution in [-0.4, -0.2) is 46.9 Å². The van der Waals surface area contributed by atoms with Gasteiger partial charge in [0.25, 0.3) is 5.56 Å². The number of benzene rings is 2. The van der Waals surface area contributed by atoms with Gasteiger partial charge in [0.05, 0.1) is 27.4 Å². The Kier molecular flexibility index (Phi) is 4.17. The zero-order chi connectivity index (χ0) is 18.9. The second kappa shape index (κ2) is 6.32. The molecule has 0 amide bonds. The number of hydrogen-bond donors (Lipinski definition) is 0. The molecule has 1 aliphatic rings. The van der Waals surface area contributed by atoms with Gasteiger partial charge in [-0.25, -0.2) is 4.79 Å². The predicted octanol–water partition coefficient (Wildman–Crippen LogP) is 1.76. The summed E-state index contributed by atoms with van der Waals surface area (Å²) < 4.78 is 8.49. The second-order valence-electron chi connectivity index (χ2n) is 7.13. The molecule has 5 rings (SSSR count). The van der Waals surface area contributed by atoms with Gasteiger partial charge in [0.1, 0.15) is 5.75 Å². The molecule has 0 fully saturated rings. The summed E-state index contributed by atoms with van der Waals surface area (Å²) in [6, 6.07) is 8.86. The van der Waals surface area contributed by atoms with Crippen LogP contribution in [0.4, 0.5) is 0 Å². The van der Waals surface area contributed by atoms with E-state index in [0.29, 0.717) is 46.2 Å². The van der Waals surface area contributed by atoms with Crippen LogP contribution in [0.5, 0.6) is 5.75 Å². The average Bonchev–Trinajstić information content (AvgIpc) is 3.18. The van der Waals surface area contributed by atoms with Crippen molar-refractivity contribution < 1.29 is 9.53 Å². The van der Waals surface area contributed by atoms with Crippen molar-refractivity contribution in [2.45, 2.75) is 6.54 Å². The van der Waals surface area contributed by atoms with E-state index in [2.05, 4.69) is 0 Å². The van der Waals surface area contributed by atoms with Crippen LogP contribution in [0.15, 0.2) is 39.9 Å². The lowest BCUT2D eigenvalue weighted by atomic mass is 10.1. The van der Waals surface area contributed by atoms with Crippen LogP contribution in [0.3, 0.4) is 0 Å². The molecular formula is C20H18ClN3O4. The summed E-state index contributed by atoms with van der Waals surface area (Å²) in [5.41, 5.74) is 1.09.